The number of carbonyl (C=O) groups is 1. The van der Waals surface area contributed by atoms with Crippen LogP contribution in [0, 0.1) is 5.82 Å². The second-order valence-electron chi connectivity index (χ2n) is 4.83. The van der Waals surface area contributed by atoms with Crippen LogP contribution in [0.25, 0.3) is 0 Å². The molecule has 1 fully saturated rings. The topological polar surface area (TPSA) is 45.2 Å². The zero-order valence-corrected chi connectivity index (χ0v) is 11.4. The smallest absolute Gasteiger partial charge is 0.257 e. The lowest BCUT2D eigenvalue weighted by atomic mass is 10.1. The molecule has 0 unspecified atom stereocenters. The highest BCUT2D eigenvalue weighted by atomic mass is 19.1. The van der Waals surface area contributed by atoms with Gasteiger partial charge in [-0.3, -0.25) is 4.79 Å². The zero-order chi connectivity index (χ0) is 13.8. The van der Waals surface area contributed by atoms with Crippen LogP contribution in [0.1, 0.15) is 43.0 Å². The van der Waals surface area contributed by atoms with Crippen LogP contribution in [0.2, 0.25) is 0 Å². The summed E-state index contributed by atoms with van der Waals surface area (Å²) in [7, 11) is 1.68. The zero-order valence-electron chi connectivity index (χ0n) is 11.4. The molecule has 1 N–H and O–H groups in total. The summed E-state index contributed by atoms with van der Waals surface area (Å²) in [4.78, 5) is 18.3. The van der Waals surface area contributed by atoms with Gasteiger partial charge in [0, 0.05) is 19.6 Å². The Kier molecular flexibility index (Phi) is 4.35. The molecule has 104 valence electrons. The average molecular weight is 265 g/mol. The molecule has 0 aromatic carbocycles. The van der Waals surface area contributed by atoms with Crippen LogP contribution in [-0.4, -0.2) is 35.4 Å². The third kappa shape index (κ3) is 2.85. The van der Waals surface area contributed by atoms with E-state index in [0.29, 0.717) is 17.9 Å². The van der Waals surface area contributed by atoms with Crippen molar-refractivity contribution in [1.29, 1.82) is 0 Å². The molecule has 0 atom stereocenters. The van der Waals surface area contributed by atoms with Gasteiger partial charge < -0.3 is 10.2 Å². The molecule has 1 heterocycles. The van der Waals surface area contributed by atoms with Gasteiger partial charge in [0.05, 0.1) is 11.8 Å². The van der Waals surface area contributed by atoms with E-state index in [2.05, 4.69) is 10.3 Å². The lowest BCUT2D eigenvalue weighted by molar-refractivity contribution is 0.0693. The normalized spacial score (nSPS) is 15.5. The third-order valence-electron chi connectivity index (χ3n) is 3.69. The van der Waals surface area contributed by atoms with Crippen LogP contribution in [0.15, 0.2) is 12.3 Å². The molecular weight excluding hydrogens is 245 g/mol. The monoisotopic (exact) mass is 265 g/mol. The Bertz CT molecular complexity index is 458. The van der Waals surface area contributed by atoms with Crippen molar-refractivity contribution in [2.24, 2.45) is 0 Å². The number of amides is 1. The maximum Gasteiger partial charge on any atom is 0.257 e. The van der Waals surface area contributed by atoms with Gasteiger partial charge in [-0.25, -0.2) is 9.37 Å². The van der Waals surface area contributed by atoms with Gasteiger partial charge in [-0.2, -0.15) is 0 Å². The second-order valence-corrected chi connectivity index (χ2v) is 4.83. The lowest BCUT2D eigenvalue weighted by Gasteiger charge is -2.28. The minimum Gasteiger partial charge on any atom is -0.372 e. The van der Waals surface area contributed by atoms with E-state index < -0.39 is 5.82 Å². The quantitative estimate of drug-likeness (QED) is 0.910. The molecule has 0 bridgehead atoms. The van der Waals surface area contributed by atoms with Crippen molar-refractivity contribution < 1.29 is 9.18 Å². The number of carbonyl (C=O) groups excluding carboxylic acids is 1. The first-order chi connectivity index (χ1) is 9.17. The van der Waals surface area contributed by atoms with Crippen molar-refractivity contribution in [2.75, 3.05) is 18.9 Å². The maximum absolute atomic E-state index is 13.3. The van der Waals surface area contributed by atoms with Gasteiger partial charge in [0.15, 0.2) is 0 Å². The standard InChI is InChI=1S/C14H20FN3O/c1-3-18(11-6-4-5-7-11)14(19)12-8-10(15)9-17-13(12)16-2/h8-9,11H,3-7H2,1-2H3,(H,16,17). The number of nitrogens with zero attached hydrogens (tertiary/aromatic N) is 2. The number of rotatable bonds is 4. The van der Waals surface area contributed by atoms with E-state index in [0.717, 1.165) is 31.9 Å². The Hall–Kier alpha value is -1.65. The van der Waals surface area contributed by atoms with Gasteiger partial charge in [0.1, 0.15) is 11.6 Å². The van der Waals surface area contributed by atoms with Crippen LogP contribution in [0.5, 0.6) is 0 Å². The Morgan fingerprint density at radius 2 is 2.21 bits per heavy atom. The SMILES string of the molecule is CCN(C(=O)c1cc(F)cnc1NC)C1CCCC1. The molecule has 1 aliphatic rings. The van der Waals surface area contributed by atoms with Crippen molar-refractivity contribution in [1.82, 2.24) is 9.88 Å². The van der Waals surface area contributed by atoms with Crippen LogP contribution in [0.3, 0.4) is 0 Å². The largest absolute Gasteiger partial charge is 0.372 e. The summed E-state index contributed by atoms with van der Waals surface area (Å²) in [5.41, 5.74) is 0.316. The number of hydrogen-bond acceptors (Lipinski definition) is 3. The highest BCUT2D eigenvalue weighted by Crippen LogP contribution is 2.26. The van der Waals surface area contributed by atoms with Gasteiger partial charge in [-0.15, -0.1) is 0 Å². The first kappa shape index (κ1) is 13.8. The Morgan fingerprint density at radius 1 is 1.53 bits per heavy atom. The predicted octanol–water partition coefficient (Wildman–Crippen LogP) is 2.67. The summed E-state index contributed by atoms with van der Waals surface area (Å²) in [5.74, 6) is -0.182. The van der Waals surface area contributed by atoms with Crippen molar-refractivity contribution in [3.63, 3.8) is 0 Å². The Labute approximate surface area is 113 Å². The molecule has 0 aliphatic heterocycles. The van der Waals surface area contributed by atoms with E-state index >= 15 is 0 Å². The van der Waals surface area contributed by atoms with Crippen molar-refractivity contribution in [3.8, 4) is 0 Å². The first-order valence-corrected chi connectivity index (χ1v) is 6.81. The van der Waals surface area contributed by atoms with Gasteiger partial charge in [-0.1, -0.05) is 12.8 Å². The molecule has 1 aliphatic carbocycles. The molecule has 1 amide bonds. The number of nitrogens with one attached hydrogen (secondary N) is 1. The van der Waals surface area contributed by atoms with E-state index in [9.17, 15) is 9.18 Å². The number of pyridine rings is 1. The summed E-state index contributed by atoms with van der Waals surface area (Å²) in [6.45, 7) is 2.60. The molecule has 4 nitrogen and oxygen atoms in total. The molecule has 0 spiro atoms. The van der Waals surface area contributed by atoms with E-state index in [1.165, 1.54) is 6.07 Å². The van der Waals surface area contributed by atoms with E-state index in [1.807, 2.05) is 11.8 Å². The van der Waals surface area contributed by atoms with Crippen molar-refractivity contribution >= 4 is 11.7 Å². The summed E-state index contributed by atoms with van der Waals surface area (Å²) in [6, 6.07) is 1.55. The Balaban J connectivity index is 2.28. The van der Waals surface area contributed by atoms with Crippen LogP contribution >= 0.6 is 0 Å². The van der Waals surface area contributed by atoms with E-state index in [1.54, 1.807) is 7.05 Å². The number of aromatic nitrogens is 1. The molecule has 2 rings (SSSR count). The summed E-state index contributed by atoms with van der Waals surface area (Å²) in [6.07, 6.45) is 5.52. The predicted molar refractivity (Wildman–Crippen MR) is 72.7 cm³/mol. The second kappa shape index (κ2) is 5.99. The minimum atomic E-state index is -0.482. The summed E-state index contributed by atoms with van der Waals surface area (Å²) in [5, 5.41) is 2.85. The fourth-order valence-corrected chi connectivity index (χ4v) is 2.74. The molecule has 1 aromatic heterocycles. The number of hydrogen-bond donors (Lipinski definition) is 1. The molecule has 5 heteroatoms. The molecule has 0 saturated heterocycles. The maximum atomic E-state index is 13.3. The van der Waals surface area contributed by atoms with Gasteiger partial charge in [0.2, 0.25) is 0 Å². The molecule has 1 aromatic rings. The fraction of sp³-hybridized carbons (Fsp3) is 0.571. The van der Waals surface area contributed by atoms with Crippen molar-refractivity contribution in [2.45, 2.75) is 38.6 Å². The summed E-state index contributed by atoms with van der Waals surface area (Å²) >= 11 is 0. The average Bonchev–Trinajstić information content (AvgIpc) is 2.93. The molecular formula is C14H20FN3O. The van der Waals surface area contributed by atoms with Crippen molar-refractivity contribution in [3.05, 3.63) is 23.6 Å². The van der Waals surface area contributed by atoms with E-state index in [4.69, 9.17) is 0 Å². The lowest BCUT2D eigenvalue weighted by Crippen LogP contribution is -2.39. The first-order valence-electron chi connectivity index (χ1n) is 6.81. The fourth-order valence-electron chi connectivity index (χ4n) is 2.74. The number of halogens is 1. The minimum absolute atomic E-state index is 0.134. The molecule has 19 heavy (non-hydrogen) atoms. The van der Waals surface area contributed by atoms with Gasteiger partial charge in [-0.05, 0) is 25.8 Å². The molecule has 1 saturated carbocycles. The highest BCUT2D eigenvalue weighted by molar-refractivity contribution is 5.98. The van der Waals surface area contributed by atoms with E-state index in [-0.39, 0.29) is 11.9 Å². The van der Waals surface area contributed by atoms with Gasteiger partial charge in [0.25, 0.3) is 5.91 Å². The Morgan fingerprint density at radius 3 is 2.79 bits per heavy atom. The highest BCUT2D eigenvalue weighted by Gasteiger charge is 2.27. The third-order valence-corrected chi connectivity index (χ3v) is 3.69. The summed E-state index contributed by atoms with van der Waals surface area (Å²) < 4.78 is 13.3. The van der Waals surface area contributed by atoms with Crippen LogP contribution < -0.4 is 5.32 Å². The van der Waals surface area contributed by atoms with Crippen LogP contribution in [0.4, 0.5) is 10.2 Å². The van der Waals surface area contributed by atoms with Gasteiger partial charge >= 0.3 is 0 Å². The number of anilines is 1. The van der Waals surface area contributed by atoms with Crippen LogP contribution in [-0.2, 0) is 0 Å². The molecule has 0 radical (unpaired) electrons.